The summed E-state index contributed by atoms with van der Waals surface area (Å²) < 4.78 is 4.64. The first kappa shape index (κ1) is 25.1. The topological polar surface area (TPSA) is 79.4 Å². The Morgan fingerprint density at radius 2 is 1.89 bits per heavy atom. The van der Waals surface area contributed by atoms with Gasteiger partial charge in [0.15, 0.2) is 0 Å². The molecule has 0 saturated carbocycles. The van der Waals surface area contributed by atoms with Crippen molar-refractivity contribution >= 4 is 22.6 Å². The lowest BCUT2D eigenvalue weighted by Crippen LogP contribution is -2.31. The summed E-state index contributed by atoms with van der Waals surface area (Å²) >= 11 is 0. The molecule has 3 aromatic rings. The average Bonchev–Trinajstić information content (AvgIpc) is 2.91. The van der Waals surface area contributed by atoms with Crippen LogP contribution in [0.2, 0.25) is 0 Å². The van der Waals surface area contributed by atoms with E-state index in [2.05, 4.69) is 55.6 Å². The number of pyridine rings is 2. The van der Waals surface area contributed by atoms with Crippen LogP contribution in [-0.2, 0) is 16.0 Å². The highest BCUT2D eigenvalue weighted by molar-refractivity contribution is 5.93. The molecule has 1 aromatic carbocycles. The van der Waals surface area contributed by atoms with E-state index in [1.165, 1.54) is 45.0 Å². The third-order valence-electron chi connectivity index (χ3n) is 6.59. The van der Waals surface area contributed by atoms with E-state index in [4.69, 9.17) is 4.98 Å². The molecule has 3 heterocycles. The molecule has 2 N–H and O–H groups in total. The highest BCUT2D eigenvalue weighted by Crippen LogP contribution is 2.28. The van der Waals surface area contributed by atoms with E-state index >= 15 is 0 Å². The van der Waals surface area contributed by atoms with E-state index in [1.807, 2.05) is 12.3 Å². The Kier molecular flexibility index (Phi) is 9.43. The lowest BCUT2D eigenvalue weighted by Gasteiger charge is -2.26. The van der Waals surface area contributed by atoms with Crippen molar-refractivity contribution in [3.63, 3.8) is 0 Å². The number of esters is 1. The van der Waals surface area contributed by atoms with Gasteiger partial charge in [0.2, 0.25) is 0 Å². The number of nitrogens with zero attached hydrogens (tertiary/aromatic N) is 3. The number of anilines is 1. The van der Waals surface area contributed by atoms with Crippen LogP contribution >= 0.6 is 0 Å². The molecule has 0 radical (unpaired) electrons. The Hall–Kier alpha value is -3.03. The van der Waals surface area contributed by atoms with Gasteiger partial charge < -0.3 is 20.3 Å². The summed E-state index contributed by atoms with van der Waals surface area (Å²) in [5.41, 5.74) is 5.39. The molecule has 7 heteroatoms. The standard InChI is InChI=1S/C28H37N5O2/c1-35-28(34)21-29-13-5-7-22-8-10-23(11-9-22)26-19-27(24-20-30-15-12-25(24)32-26)31-14-6-18-33-16-3-2-4-17-33/h8-12,15,19-20,29H,2-7,13-14,16-18,21H2,1H3,(H,31,32). The first-order chi connectivity index (χ1) is 17.2. The minimum Gasteiger partial charge on any atom is -0.468 e. The van der Waals surface area contributed by atoms with Crippen molar-refractivity contribution in [3.8, 4) is 11.3 Å². The van der Waals surface area contributed by atoms with Gasteiger partial charge in [0.25, 0.3) is 0 Å². The number of rotatable bonds is 12. The molecule has 7 nitrogen and oxygen atoms in total. The molecule has 0 spiro atoms. The van der Waals surface area contributed by atoms with Crippen molar-refractivity contribution in [2.75, 3.05) is 51.7 Å². The highest BCUT2D eigenvalue weighted by atomic mass is 16.5. The number of hydrogen-bond acceptors (Lipinski definition) is 7. The third-order valence-corrected chi connectivity index (χ3v) is 6.59. The number of aromatic nitrogens is 2. The van der Waals surface area contributed by atoms with Crippen LogP contribution in [0.25, 0.3) is 22.2 Å². The van der Waals surface area contributed by atoms with Gasteiger partial charge in [-0.05, 0) is 76.0 Å². The number of nitrogens with one attached hydrogen (secondary N) is 2. The first-order valence-corrected chi connectivity index (χ1v) is 12.8. The predicted molar refractivity (Wildman–Crippen MR) is 142 cm³/mol. The zero-order valence-corrected chi connectivity index (χ0v) is 20.8. The molecular formula is C28H37N5O2. The summed E-state index contributed by atoms with van der Waals surface area (Å²) in [6.45, 7) is 5.61. The normalized spacial score (nSPS) is 14.2. The molecular weight excluding hydrogens is 438 g/mol. The van der Waals surface area contributed by atoms with Crippen molar-refractivity contribution in [1.29, 1.82) is 0 Å². The fourth-order valence-electron chi connectivity index (χ4n) is 4.59. The second kappa shape index (κ2) is 13.2. The van der Waals surface area contributed by atoms with Crippen LogP contribution in [0.3, 0.4) is 0 Å². The SMILES string of the molecule is COC(=O)CNCCCc1ccc(-c2cc(NCCCN3CCCCC3)c3cnccc3n2)cc1. The third kappa shape index (κ3) is 7.47. The maximum Gasteiger partial charge on any atom is 0.319 e. The molecule has 0 amide bonds. The smallest absolute Gasteiger partial charge is 0.319 e. The Labute approximate surface area is 208 Å². The van der Waals surface area contributed by atoms with Crippen LogP contribution in [0.15, 0.2) is 48.8 Å². The van der Waals surface area contributed by atoms with Gasteiger partial charge in [-0.2, -0.15) is 0 Å². The number of fused-ring (bicyclic) bond motifs is 1. The van der Waals surface area contributed by atoms with Gasteiger partial charge in [-0.25, -0.2) is 4.98 Å². The number of methoxy groups -OCH3 is 1. The van der Waals surface area contributed by atoms with Crippen molar-refractivity contribution < 1.29 is 9.53 Å². The minimum absolute atomic E-state index is 0.233. The molecule has 0 bridgehead atoms. The number of hydrogen-bond donors (Lipinski definition) is 2. The van der Waals surface area contributed by atoms with Crippen molar-refractivity contribution in [2.45, 2.75) is 38.5 Å². The molecule has 0 atom stereocenters. The Morgan fingerprint density at radius 1 is 1.06 bits per heavy atom. The number of ether oxygens (including phenoxy) is 1. The zero-order valence-electron chi connectivity index (χ0n) is 20.8. The fraction of sp³-hybridized carbons (Fsp3) is 0.464. The second-order valence-corrected chi connectivity index (χ2v) is 9.18. The number of likely N-dealkylation sites (tertiary alicyclic amines) is 1. The van der Waals surface area contributed by atoms with E-state index in [0.717, 1.165) is 66.7 Å². The number of piperidine rings is 1. The number of benzene rings is 1. The summed E-state index contributed by atoms with van der Waals surface area (Å²) in [6.07, 6.45) is 10.8. The summed E-state index contributed by atoms with van der Waals surface area (Å²) in [4.78, 5) is 23.0. The molecule has 1 aliphatic rings. The van der Waals surface area contributed by atoms with Crippen molar-refractivity contribution in [1.82, 2.24) is 20.2 Å². The molecule has 35 heavy (non-hydrogen) atoms. The largest absolute Gasteiger partial charge is 0.468 e. The molecule has 1 fully saturated rings. The van der Waals surface area contributed by atoms with Gasteiger partial charge in [-0.1, -0.05) is 30.7 Å². The van der Waals surface area contributed by atoms with E-state index in [-0.39, 0.29) is 12.5 Å². The van der Waals surface area contributed by atoms with Gasteiger partial charge in [0, 0.05) is 35.6 Å². The van der Waals surface area contributed by atoms with Crippen LogP contribution in [0, 0.1) is 0 Å². The lowest BCUT2D eigenvalue weighted by atomic mass is 10.0. The molecule has 1 aliphatic heterocycles. The molecule has 2 aromatic heterocycles. The average molecular weight is 476 g/mol. The Bertz CT molecular complexity index is 1080. The van der Waals surface area contributed by atoms with Crippen molar-refractivity contribution in [2.24, 2.45) is 0 Å². The van der Waals surface area contributed by atoms with Crippen LogP contribution in [0.1, 0.15) is 37.7 Å². The number of aryl methyl sites for hydroxylation is 1. The van der Waals surface area contributed by atoms with Crippen LogP contribution in [-0.4, -0.2) is 67.2 Å². The molecule has 1 saturated heterocycles. The quantitative estimate of drug-likeness (QED) is 0.299. The van der Waals surface area contributed by atoms with E-state index in [1.54, 1.807) is 6.20 Å². The maximum absolute atomic E-state index is 11.2. The minimum atomic E-state index is -0.233. The summed E-state index contributed by atoms with van der Waals surface area (Å²) in [5, 5.41) is 7.82. The monoisotopic (exact) mass is 475 g/mol. The zero-order chi connectivity index (χ0) is 24.3. The first-order valence-electron chi connectivity index (χ1n) is 12.8. The maximum atomic E-state index is 11.2. The van der Waals surface area contributed by atoms with Gasteiger partial charge >= 0.3 is 5.97 Å². The van der Waals surface area contributed by atoms with E-state index in [9.17, 15) is 4.79 Å². The van der Waals surface area contributed by atoms with E-state index < -0.39 is 0 Å². The summed E-state index contributed by atoms with van der Waals surface area (Å²) in [7, 11) is 1.41. The second-order valence-electron chi connectivity index (χ2n) is 9.18. The van der Waals surface area contributed by atoms with Crippen molar-refractivity contribution in [3.05, 3.63) is 54.4 Å². The van der Waals surface area contributed by atoms with Crippen LogP contribution < -0.4 is 10.6 Å². The Balaban J connectivity index is 1.36. The molecule has 4 rings (SSSR count). The number of carbonyl (C=O) groups excluding carboxylic acids is 1. The summed E-state index contributed by atoms with van der Waals surface area (Å²) in [5.74, 6) is -0.233. The van der Waals surface area contributed by atoms with Gasteiger partial charge in [0.1, 0.15) is 0 Å². The highest BCUT2D eigenvalue weighted by Gasteiger charge is 2.11. The van der Waals surface area contributed by atoms with Crippen LogP contribution in [0.5, 0.6) is 0 Å². The van der Waals surface area contributed by atoms with Gasteiger partial charge in [0.05, 0.1) is 24.9 Å². The molecule has 186 valence electrons. The fourth-order valence-corrected chi connectivity index (χ4v) is 4.59. The number of carbonyl (C=O) groups is 1. The predicted octanol–water partition coefficient (Wildman–Crippen LogP) is 4.28. The molecule has 0 unspecified atom stereocenters. The van der Waals surface area contributed by atoms with Gasteiger partial charge in [-0.3, -0.25) is 9.78 Å². The lowest BCUT2D eigenvalue weighted by molar-refractivity contribution is -0.139. The Morgan fingerprint density at radius 3 is 2.69 bits per heavy atom. The van der Waals surface area contributed by atoms with E-state index in [0.29, 0.717) is 0 Å². The van der Waals surface area contributed by atoms with Gasteiger partial charge in [-0.15, -0.1) is 0 Å². The summed E-state index contributed by atoms with van der Waals surface area (Å²) in [6, 6.07) is 12.8. The van der Waals surface area contributed by atoms with Crippen LogP contribution in [0.4, 0.5) is 5.69 Å². The molecule has 0 aliphatic carbocycles.